The quantitative estimate of drug-likeness (QED) is 0.781. The van der Waals surface area contributed by atoms with E-state index in [2.05, 4.69) is 12.2 Å². The summed E-state index contributed by atoms with van der Waals surface area (Å²) in [4.78, 5) is 26.8. The molecule has 3 rings (SSSR count). The summed E-state index contributed by atoms with van der Waals surface area (Å²) in [5.41, 5.74) is 1.35. The third kappa shape index (κ3) is 5.40. The Morgan fingerprint density at radius 3 is 2.47 bits per heavy atom. The monoisotopic (exact) mass is 418 g/mol. The van der Waals surface area contributed by atoms with Gasteiger partial charge < -0.3 is 10.2 Å². The van der Waals surface area contributed by atoms with Crippen LogP contribution in [0, 0.1) is 5.92 Å². The normalized spacial score (nSPS) is 16.9. The summed E-state index contributed by atoms with van der Waals surface area (Å²) in [6, 6.07) is 12.4. The SMILES string of the molecule is CCc1ccc(CNC(=O)C2CCCN(C(=O)c3cccc(C(F)(F)F)c3)C2)cc1. The van der Waals surface area contributed by atoms with Gasteiger partial charge in [0.2, 0.25) is 5.91 Å². The number of amides is 2. The molecular weight excluding hydrogens is 393 g/mol. The van der Waals surface area contributed by atoms with Crippen molar-refractivity contribution in [2.24, 2.45) is 5.92 Å². The molecule has 1 atom stereocenters. The van der Waals surface area contributed by atoms with Gasteiger partial charge in [0.25, 0.3) is 5.91 Å². The number of nitrogens with one attached hydrogen (secondary N) is 1. The van der Waals surface area contributed by atoms with Crippen molar-refractivity contribution in [3.63, 3.8) is 0 Å². The molecule has 4 nitrogen and oxygen atoms in total. The minimum absolute atomic E-state index is 0.0121. The van der Waals surface area contributed by atoms with Gasteiger partial charge in [-0.3, -0.25) is 9.59 Å². The number of likely N-dealkylation sites (tertiary alicyclic amines) is 1. The summed E-state index contributed by atoms with van der Waals surface area (Å²) in [5, 5.41) is 2.91. The minimum Gasteiger partial charge on any atom is -0.352 e. The predicted molar refractivity (Wildman–Crippen MR) is 108 cm³/mol. The zero-order valence-corrected chi connectivity index (χ0v) is 16.8. The van der Waals surface area contributed by atoms with Crippen LogP contribution in [-0.2, 0) is 23.9 Å². The van der Waals surface area contributed by atoms with Crippen molar-refractivity contribution in [2.45, 2.75) is 38.9 Å². The predicted octanol–water partition coefficient (Wildman–Crippen LogP) is 4.44. The molecule has 0 saturated carbocycles. The molecule has 30 heavy (non-hydrogen) atoms. The van der Waals surface area contributed by atoms with Crippen molar-refractivity contribution in [3.8, 4) is 0 Å². The Hall–Kier alpha value is -2.83. The van der Waals surface area contributed by atoms with Crippen molar-refractivity contribution in [3.05, 3.63) is 70.8 Å². The summed E-state index contributed by atoms with van der Waals surface area (Å²) in [5.74, 6) is -0.992. The number of halogens is 3. The van der Waals surface area contributed by atoms with Gasteiger partial charge in [-0.1, -0.05) is 37.3 Å². The van der Waals surface area contributed by atoms with Gasteiger partial charge in [0, 0.05) is 25.2 Å². The molecule has 0 aromatic heterocycles. The Bertz CT molecular complexity index is 894. The summed E-state index contributed by atoms with van der Waals surface area (Å²) >= 11 is 0. The number of carbonyl (C=O) groups is 2. The molecule has 1 aliphatic rings. The molecule has 0 radical (unpaired) electrons. The summed E-state index contributed by atoms with van der Waals surface area (Å²) < 4.78 is 38.8. The molecule has 2 amide bonds. The zero-order chi connectivity index (χ0) is 21.7. The smallest absolute Gasteiger partial charge is 0.352 e. The van der Waals surface area contributed by atoms with Gasteiger partial charge in [-0.2, -0.15) is 13.2 Å². The van der Waals surface area contributed by atoms with E-state index >= 15 is 0 Å². The molecule has 0 spiro atoms. The minimum atomic E-state index is -4.50. The molecule has 1 N–H and O–H groups in total. The van der Waals surface area contributed by atoms with Crippen LogP contribution >= 0.6 is 0 Å². The maximum Gasteiger partial charge on any atom is 0.416 e. The first-order chi connectivity index (χ1) is 14.3. The number of carbonyl (C=O) groups excluding carboxylic acids is 2. The van der Waals surface area contributed by atoms with Crippen molar-refractivity contribution >= 4 is 11.8 Å². The van der Waals surface area contributed by atoms with Crippen LogP contribution in [0.1, 0.15) is 46.8 Å². The molecule has 1 unspecified atom stereocenters. The highest BCUT2D eigenvalue weighted by atomic mass is 19.4. The van der Waals surface area contributed by atoms with Crippen LogP contribution in [0.2, 0.25) is 0 Å². The van der Waals surface area contributed by atoms with Gasteiger partial charge in [0.05, 0.1) is 11.5 Å². The van der Waals surface area contributed by atoms with E-state index in [-0.39, 0.29) is 23.9 Å². The fraction of sp³-hybridized carbons (Fsp3) is 0.391. The largest absolute Gasteiger partial charge is 0.416 e. The van der Waals surface area contributed by atoms with Gasteiger partial charge in [-0.25, -0.2) is 0 Å². The molecule has 0 bridgehead atoms. The standard InChI is InChI=1S/C23H25F3N2O2/c1-2-16-8-10-17(11-9-16)14-27-21(29)19-6-4-12-28(15-19)22(30)18-5-3-7-20(13-18)23(24,25)26/h3,5,7-11,13,19H,2,4,6,12,14-15H2,1H3,(H,27,29). The summed E-state index contributed by atoms with van der Waals surface area (Å²) in [6.07, 6.45) is -2.28. The number of piperidine rings is 1. The fourth-order valence-electron chi connectivity index (χ4n) is 3.61. The number of alkyl halides is 3. The highest BCUT2D eigenvalue weighted by molar-refractivity contribution is 5.95. The van der Waals surface area contributed by atoms with E-state index in [1.54, 1.807) is 0 Å². The van der Waals surface area contributed by atoms with Crippen LogP contribution in [0.15, 0.2) is 48.5 Å². The first-order valence-corrected chi connectivity index (χ1v) is 10.1. The van der Waals surface area contributed by atoms with Crippen LogP contribution in [0.4, 0.5) is 13.2 Å². The van der Waals surface area contributed by atoms with Crippen molar-refractivity contribution in [1.82, 2.24) is 10.2 Å². The second-order valence-corrected chi connectivity index (χ2v) is 7.56. The number of hydrogen-bond acceptors (Lipinski definition) is 2. The van der Waals surface area contributed by atoms with E-state index in [0.29, 0.717) is 25.9 Å². The first kappa shape index (κ1) is 21.9. The first-order valence-electron chi connectivity index (χ1n) is 10.1. The lowest BCUT2D eigenvalue weighted by molar-refractivity contribution is -0.137. The lowest BCUT2D eigenvalue weighted by Crippen LogP contribution is -2.45. The Morgan fingerprint density at radius 2 is 1.80 bits per heavy atom. The van der Waals surface area contributed by atoms with Crippen LogP contribution in [0.5, 0.6) is 0 Å². The van der Waals surface area contributed by atoms with Gasteiger partial charge in [0.15, 0.2) is 0 Å². The number of nitrogens with zero attached hydrogens (tertiary/aromatic N) is 1. The van der Waals surface area contributed by atoms with Gasteiger partial charge in [-0.15, -0.1) is 0 Å². The van der Waals surface area contributed by atoms with Gasteiger partial charge >= 0.3 is 6.18 Å². The van der Waals surface area contributed by atoms with Crippen molar-refractivity contribution < 1.29 is 22.8 Å². The average molecular weight is 418 g/mol. The summed E-state index contributed by atoms with van der Waals surface area (Å²) in [7, 11) is 0. The second-order valence-electron chi connectivity index (χ2n) is 7.56. The topological polar surface area (TPSA) is 49.4 Å². The highest BCUT2D eigenvalue weighted by Gasteiger charge is 2.33. The van der Waals surface area contributed by atoms with E-state index in [4.69, 9.17) is 0 Å². The second kappa shape index (κ2) is 9.32. The van der Waals surface area contributed by atoms with Crippen LogP contribution in [-0.4, -0.2) is 29.8 Å². The summed E-state index contributed by atoms with van der Waals surface area (Å²) in [6.45, 7) is 3.11. The van der Waals surface area contributed by atoms with Gasteiger partial charge in [-0.05, 0) is 48.6 Å². The fourth-order valence-corrected chi connectivity index (χ4v) is 3.61. The molecule has 160 valence electrons. The van der Waals surface area contributed by atoms with E-state index in [9.17, 15) is 22.8 Å². The van der Waals surface area contributed by atoms with Crippen molar-refractivity contribution in [1.29, 1.82) is 0 Å². The Labute approximate surface area is 174 Å². The molecular formula is C23H25F3N2O2. The van der Waals surface area contributed by atoms with Crippen LogP contribution < -0.4 is 5.32 Å². The molecule has 1 fully saturated rings. The number of aryl methyl sites for hydroxylation is 1. The Balaban J connectivity index is 1.60. The van der Waals surface area contributed by atoms with Crippen LogP contribution in [0.25, 0.3) is 0 Å². The third-order valence-electron chi connectivity index (χ3n) is 5.41. The molecule has 0 aliphatic carbocycles. The maximum absolute atomic E-state index is 12.9. The van der Waals surface area contributed by atoms with Crippen LogP contribution in [0.3, 0.4) is 0 Å². The Morgan fingerprint density at radius 1 is 1.10 bits per heavy atom. The molecule has 2 aromatic rings. The van der Waals surface area contributed by atoms with E-state index in [1.807, 2.05) is 24.3 Å². The molecule has 1 aliphatic heterocycles. The molecule has 1 heterocycles. The average Bonchev–Trinajstić information content (AvgIpc) is 2.77. The van der Waals surface area contributed by atoms with E-state index < -0.39 is 17.6 Å². The molecule has 7 heteroatoms. The molecule has 1 saturated heterocycles. The zero-order valence-electron chi connectivity index (χ0n) is 16.8. The maximum atomic E-state index is 12.9. The lowest BCUT2D eigenvalue weighted by atomic mass is 9.96. The van der Waals surface area contributed by atoms with E-state index in [0.717, 1.165) is 24.1 Å². The number of rotatable bonds is 5. The Kier molecular flexibility index (Phi) is 6.80. The highest BCUT2D eigenvalue weighted by Crippen LogP contribution is 2.30. The third-order valence-corrected chi connectivity index (χ3v) is 5.41. The van der Waals surface area contributed by atoms with Crippen molar-refractivity contribution in [2.75, 3.05) is 13.1 Å². The number of benzene rings is 2. The number of hydrogen-bond donors (Lipinski definition) is 1. The molecule has 2 aromatic carbocycles. The van der Waals surface area contributed by atoms with E-state index in [1.165, 1.54) is 22.6 Å². The lowest BCUT2D eigenvalue weighted by Gasteiger charge is -2.32. The van der Waals surface area contributed by atoms with Gasteiger partial charge in [0.1, 0.15) is 0 Å².